The summed E-state index contributed by atoms with van der Waals surface area (Å²) in [4.78, 5) is 4.99. The van der Waals surface area contributed by atoms with Crippen LogP contribution in [0.15, 0.2) is 54.7 Å². The smallest absolute Gasteiger partial charge is 0.127 e. The molecule has 3 aromatic rings. The first-order valence-electron chi connectivity index (χ1n) is 10.1. The number of benzene rings is 2. The molecule has 1 saturated heterocycles. The van der Waals surface area contributed by atoms with Crippen molar-refractivity contribution in [1.29, 1.82) is 0 Å². The maximum Gasteiger partial charge on any atom is 0.127 e. The van der Waals surface area contributed by atoms with Crippen LogP contribution in [0.25, 0.3) is 5.69 Å². The standard InChI is InChI=1S/C23H26ClN3O/c1-2-3-23-26-22(17-12-14-25-15-13-17)16-27(23)19-6-10-21(11-7-19)28-20-8-4-18(24)5-9-20/h4-11,16-17,25H,2-3,12-15H2,1H3. The van der Waals surface area contributed by atoms with Crippen LogP contribution in [0.4, 0.5) is 0 Å². The van der Waals surface area contributed by atoms with Gasteiger partial charge in [0.2, 0.25) is 0 Å². The number of halogens is 1. The molecule has 1 aliphatic rings. The number of nitrogens with zero attached hydrogens (tertiary/aromatic N) is 2. The van der Waals surface area contributed by atoms with Gasteiger partial charge in [-0.15, -0.1) is 0 Å². The molecule has 1 fully saturated rings. The van der Waals surface area contributed by atoms with E-state index in [2.05, 4.69) is 35.1 Å². The van der Waals surface area contributed by atoms with Gasteiger partial charge >= 0.3 is 0 Å². The monoisotopic (exact) mass is 395 g/mol. The zero-order valence-corrected chi connectivity index (χ0v) is 17.0. The molecule has 0 radical (unpaired) electrons. The zero-order chi connectivity index (χ0) is 19.3. The number of nitrogens with one attached hydrogen (secondary N) is 1. The van der Waals surface area contributed by atoms with Crippen molar-refractivity contribution in [3.05, 3.63) is 71.3 Å². The minimum Gasteiger partial charge on any atom is -0.457 e. The highest BCUT2D eigenvalue weighted by Gasteiger charge is 2.20. The number of hydrogen-bond donors (Lipinski definition) is 1. The number of rotatable bonds is 6. The number of ether oxygens (including phenoxy) is 1. The predicted octanol–water partition coefficient (Wildman–Crippen LogP) is 5.74. The van der Waals surface area contributed by atoms with Gasteiger partial charge in [-0.05, 0) is 80.9 Å². The van der Waals surface area contributed by atoms with Crippen molar-refractivity contribution in [2.75, 3.05) is 13.1 Å². The molecule has 5 heteroatoms. The van der Waals surface area contributed by atoms with Crippen LogP contribution in [0.1, 0.15) is 43.6 Å². The summed E-state index contributed by atoms with van der Waals surface area (Å²) in [5, 5.41) is 4.14. The van der Waals surface area contributed by atoms with Crippen LogP contribution in [-0.4, -0.2) is 22.6 Å². The van der Waals surface area contributed by atoms with Crippen molar-refractivity contribution < 1.29 is 4.74 Å². The quantitative estimate of drug-likeness (QED) is 0.578. The van der Waals surface area contributed by atoms with Gasteiger partial charge < -0.3 is 14.6 Å². The molecular formula is C23H26ClN3O. The molecule has 4 nitrogen and oxygen atoms in total. The Balaban J connectivity index is 1.55. The molecular weight excluding hydrogens is 370 g/mol. The van der Waals surface area contributed by atoms with E-state index in [4.69, 9.17) is 21.3 Å². The highest BCUT2D eigenvalue weighted by Crippen LogP contribution is 2.28. The first-order valence-corrected chi connectivity index (χ1v) is 10.4. The van der Waals surface area contributed by atoms with Gasteiger partial charge in [-0.3, -0.25) is 0 Å². The second kappa shape index (κ2) is 8.80. The van der Waals surface area contributed by atoms with E-state index in [1.54, 1.807) is 0 Å². The van der Waals surface area contributed by atoms with Crippen LogP contribution in [0.3, 0.4) is 0 Å². The first kappa shape index (κ1) is 19.0. The van der Waals surface area contributed by atoms with Crippen molar-refractivity contribution in [3.8, 4) is 17.2 Å². The predicted molar refractivity (Wildman–Crippen MR) is 114 cm³/mol. The summed E-state index contributed by atoms with van der Waals surface area (Å²) >= 11 is 5.93. The van der Waals surface area contributed by atoms with E-state index in [1.807, 2.05) is 36.4 Å². The van der Waals surface area contributed by atoms with Gasteiger partial charge in [0.15, 0.2) is 0 Å². The van der Waals surface area contributed by atoms with E-state index in [1.165, 1.54) is 5.69 Å². The van der Waals surface area contributed by atoms with E-state index in [-0.39, 0.29) is 0 Å². The summed E-state index contributed by atoms with van der Waals surface area (Å²) in [6.45, 7) is 4.36. The first-order chi connectivity index (χ1) is 13.7. The van der Waals surface area contributed by atoms with E-state index in [9.17, 15) is 0 Å². The Morgan fingerprint density at radius 3 is 2.32 bits per heavy atom. The molecule has 0 aliphatic carbocycles. The van der Waals surface area contributed by atoms with E-state index >= 15 is 0 Å². The number of hydrogen-bond acceptors (Lipinski definition) is 3. The minimum atomic E-state index is 0.561. The number of aryl methyl sites for hydroxylation is 1. The summed E-state index contributed by atoms with van der Waals surface area (Å²) in [6, 6.07) is 15.6. The molecule has 1 aliphatic heterocycles. The molecule has 0 spiro atoms. The third-order valence-corrected chi connectivity index (χ3v) is 5.44. The Kier molecular flexibility index (Phi) is 5.98. The van der Waals surface area contributed by atoms with Crippen molar-refractivity contribution in [3.63, 3.8) is 0 Å². The fourth-order valence-corrected chi connectivity index (χ4v) is 3.82. The van der Waals surface area contributed by atoms with Crippen LogP contribution in [0, 0.1) is 0 Å². The molecule has 2 heterocycles. The largest absolute Gasteiger partial charge is 0.457 e. The summed E-state index contributed by atoms with van der Waals surface area (Å²) in [5.41, 5.74) is 2.35. The lowest BCUT2D eigenvalue weighted by atomic mass is 9.95. The maximum atomic E-state index is 5.93. The summed E-state index contributed by atoms with van der Waals surface area (Å²) < 4.78 is 8.15. The molecule has 0 bridgehead atoms. The average molecular weight is 396 g/mol. The molecule has 0 atom stereocenters. The van der Waals surface area contributed by atoms with Crippen LogP contribution < -0.4 is 10.1 Å². The Bertz CT molecular complexity index is 897. The van der Waals surface area contributed by atoms with Crippen molar-refractivity contribution in [2.45, 2.75) is 38.5 Å². The molecule has 2 aromatic carbocycles. The van der Waals surface area contributed by atoms with Crippen molar-refractivity contribution in [1.82, 2.24) is 14.9 Å². The van der Waals surface area contributed by atoms with Gasteiger partial charge in [-0.1, -0.05) is 18.5 Å². The molecule has 146 valence electrons. The Hall–Kier alpha value is -2.30. The summed E-state index contributed by atoms with van der Waals surface area (Å²) in [7, 11) is 0. The average Bonchev–Trinajstić information content (AvgIpc) is 3.15. The second-order valence-corrected chi connectivity index (χ2v) is 7.71. The third kappa shape index (κ3) is 4.40. The SMILES string of the molecule is CCCc1nc(C2CCNCC2)cn1-c1ccc(Oc2ccc(Cl)cc2)cc1. The third-order valence-electron chi connectivity index (χ3n) is 5.19. The van der Waals surface area contributed by atoms with Gasteiger partial charge in [0.25, 0.3) is 0 Å². The summed E-state index contributed by atoms with van der Waals surface area (Å²) in [6.07, 6.45) is 6.62. The molecule has 0 amide bonds. The maximum absolute atomic E-state index is 5.93. The minimum absolute atomic E-state index is 0.561. The van der Waals surface area contributed by atoms with Crippen molar-refractivity contribution >= 4 is 11.6 Å². The highest BCUT2D eigenvalue weighted by atomic mass is 35.5. The van der Waals surface area contributed by atoms with Gasteiger partial charge in [0, 0.05) is 29.2 Å². The van der Waals surface area contributed by atoms with Crippen LogP contribution in [-0.2, 0) is 6.42 Å². The fourth-order valence-electron chi connectivity index (χ4n) is 3.69. The van der Waals surface area contributed by atoms with E-state index in [0.29, 0.717) is 10.9 Å². The molecule has 0 unspecified atom stereocenters. The fraction of sp³-hybridized carbons (Fsp3) is 0.348. The topological polar surface area (TPSA) is 39.1 Å². The normalized spacial score (nSPS) is 14.9. The number of imidazole rings is 1. The van der Waals surface area contributed by atoms with Gasteiger partial charge in [0.05, 0.1) is 5.69 Å². The molecule has 28 heavy (non-hydrogen) atoms. The van der Waals surface area contributed by atoms with Crippen molar-refractivity contribution in [2.24, 2.45) is 0 Å². The van der Waals surface area contributed by atoms with E-state index < -0.39 is 0 Å². The second-order valence-electron chi connectivity index (χ2n) is 7.28. The van der Waals surface area contributed by atoms with Gasteiger partial charge in [-0.2, -0.15) is 0 Å². The van der Waals surface area contributed by atoms with E-state index in [0.717, 1.165) is 61.8 Å². The highest BCUT2D eigenvalue weighted by molar-refractivity contribution is 6.30. The number of piperidine rings is 1. The molecule has 1 aromatic heterocycles. The van der Waals surface area contributed by atoms with Crippen LogP contribution >= 0.6 is 11.6 Å². The van der Waals surface area contributed by atoms with Crippen LogP contribution in [0.5, 0.6) is 11.5 Å². The zero-order valence-electron chi connectivity index (χ0n) is 16.2. The summed E-state index contributed by atoms with van der Waals surface area (Å²) in [5.74, 6) is 3.29. The van der Waals surface area contributed by atoms with Gasteiger partial charge in [-0.25, -0.2) is 4.98 Å². The lowest BCUT2D eigenvalue weighted by molar-refractivity contribution is 0.454. The molecule has 1 N–H and O–H groups in total. The lowest BCUT2D eigenvalue weighted by Crippen LogP contribution is -2.26. The van der Waals surface area contributed by atoms with Crippen LogP contribution in [0.2, 0.25) is 5.02 Å². The van der Waals surface area contributed by atoms with Gasteiger partial charge in [0.1, 0.15) is 17.3 Å². The Labute approximate surface area is 171 Å². The Morgan fingerprint density at radius 1 is 1.04 bits per heavy atom. The molecule has 4 rings (SSSR count). The number of aromatic nitrogens is 2. The lowest BCUT2D eigenvalue weighted by Gasteiger charge is -2.20. The Morgan fingerprint density at radius 2 is 1.68 bits per heavy atom. The molecule has 0 saturated carbocycles.